The molecule has 12 rings (SSSR count). The maximum absolute atomic E-state index is 5.24. The fraction of sp³-hybridized carbons (Fsp3) is 0. The molecule has 0 radical (unpaired) electrons. The summed E-state index contributed by atoms with van der Waals surface area (Å²) in [5.74, 6) is 1.87. The molecule has 4 heterocycles. The third kappa shape index (κ3) is 5.76. The number of benzene rings is 8. The summed E-state index contributed by atoms with van der Waals surface area (Å²) in [6, 6.07) is 70.3. The second kappa shape index (κ2) is 13.9. The number of rotatable bonds is 6. The van der Waals surface area contributed by atoms with E-state index >= 15 is 0 Å². The molecule has 0 aliphatic rings. The van der Waals surface area contributed by atoms with Gasteiger partial charge in [-0.1, -0.05) is 182 Å². The van der Waals surface area contributed by atoms with Crippen LogP contribution in [0.3, 0.4) is 0 Å². The molecule has 0 bridgehead atoms. The second-order valence-corrected chi connectivity index (χ2v) is 16.1. The monoisotopic (exact) mass is 783 g/mol. The molecule has 0 saturated carbocycles. The Morgan fingerprint density at radius 2 is 0.817 bits per heavy atom. The van der Waals surface area contributed by atoms with Gasteiger partial charge in [-0.05, 0) is 56.8 Å². The van der Waals surface area contributed by atoms with Crippen molar-refractivity contribution in [2.24, 2.45) is 0 Å². The Kier molecular flexibility index (Phi) is 7.96. The number of hydrogen-bond acceptors (Lipinski definition) is 5. The van der Waals surface area contributed by atoms with E-state index in [2.05, 4.69) is 192 Å². The lowest BCUT2D eigenvalue weighted by Crippen LogP contribution is -2.00. The minimum Gasteiger partial charge on any atom is -0.291 e. The highest BCUT2D eigenvalue weighted by Gasteiger charge is 2.19. The van der Waals surface area contributed by atoms with Gasteiger partial charge in [0.15, 0.2) is 23.1 Å². The first-order chi connectivity index (χ1) is 29.7. The van der Waals surface area contributed by atoms with E-state index in [-0.39, 0.29) is 0 Å². The van der Waals surface area contributed by atoms with E-state index in [4.69, 9.17) is 19.9 Å². The number of nitrogens with zero attached hydrogens (tertiary/aromatic N) is 5. The molecule has 60 heavy (non-hydrogen) atoms. The minimum absolute atomic E-state index is 0.616. The first kappa shape index (κ1) is 34.3. The molecule has 5 nitrogen and oxygen atoms in total. The first-order valence-corrected chi connectivity index (χ1v) is 20.9. The molecule has 8 aromatic carbocycles. The van der Waals surface area contributed by atoms with Gasteiger partial charge in [-0.2, -0.15) is 0 Å². The highest BCUT2D eigenvalue weighted by molar-refractivity contribution is 7.27. The van der Waals surface area contributed by atoms with Crippen LogP contribution in [0.25, 0.3) is 115 Å². The summed E-state index contributed by atoms with van der Waals surface area (Å²) in [5.41, 5.74) is 12.6. The molecule has 0 saturated heterocycles. The van der Waals surface area contributed by atoms with Gasteiger partial charge < -0.3 is 0 Å². The molecule has 0 N–H and O–H groups in total. The van der Waals surface area contributed by atoms with E-state index in [0.29, 0.717) is 17.5 Å². The third-order valence-electron chi connectivity index (χ3n) is 11.5. The number of aromatic nitrogens is 5. The lowest BCUT2D eigenvalue weighted by molar-refractivity contribution is 1.07. The molecule has 0 amide bonds. The van der Waals surface area contributed by atoms with Crippen molar-refractivity contribution >= 4 is 59.0 Å². The number of pyridine rings is 1. The molecule has 280 valence electrons. The van der Waals surface area contributed by atoms with E-state index in [0.717, 1.165) is 55.8 Å². The van der Waals surface area contributed by atoms with Crippen molar-refractivity contribution in [2.45, 2.75) is 0 Å². The summed E-state index contributed by atoms with van der Waals surface area (Å²) in [6.07, 6.45) is 0. The molecular formula is C54H33N5S. The van der Waals surface area contributed by atoms with Crippen LogP contribution in [0, 0.1) is 0 Å². The highest BCUT2D eigenvalue weighted by atomic mass is 32.1. The summed E-state index contributed by atoms with van der Waals surface area (Å²) in [4.78, 5) is 20.5. The maximum atomic E-state index is 5.24. The molecule has 4 aromatic heterocycles. The summed E-state index contributed by atoms with van der Waals surface area (Å²) < 4.78 is 4.80. The molecule has 0 unspecified atom stereocenters. The molecule has 12 aromatic rings. The van der Waals surface area contributed by atoms with Gasteiger partial charge in [0.2, 0.25) is 0 Å². The predicted molar refractivity (Wildman–Crippen MR) is 249 cm³/mol. The van der Waals surface area contributed by atoms with Crippen LogP contribution in [-0.2, 0) is 0 Å². The average Bonchev–Trinajstić information content (AvgIpc) is 3.91. The van der Waals surface area contributed by atoms with Crippen molar-refractivity contribution in [2.75, 3.05) is 0 Å². The number of thiophene rings is 1. The molecular weight excluding hydrogens is 751 g/mol. The van der Waals surface area contributed by atoms with Crippen molar-refractivity contribution < 1.29 is 0 Å². The summed E-state index contributed by atoms with van der Waals surface area (Å²) in [5, 5.41) is 4.98. The standard InChI is InChI=1S/C54H33N5S/c1-3-11-34(12-4-1)36-19-25-40(26-20-36)51-56-52(41-27-21-37(22-28-41)35-13-5-2-6-14-35)58-53(57-51)42-29-23-39(24-30-42)48-33-45-44-32-31-38-15-7-8-16-43(38)49(44)60-50(45)54-55-46-17-9-10-18-47(46)59(48)54/h1-33H. The van der Waals surface area contributed by atoms with E-state index in [9.17, 15) is 0 Å². The van der Waals surface area contributed by atoms with Gasteiger partial charge in [0.05, 0.1) is 21.4 Å². The molecule has 0 aliphatic carbocycles. The lowest BCUT2D eigenvalue weighted by Gasteiger charge is -2.11. The predicted octanol–water partition coefficient (Wildman–Crippen LogP) is 14.2. The van der Waals surface area contributed by atoms with Crippen molar-refractivity contribution in [3.8, 4) is 67.7 Å². The number of hydrogen-bond donors (Lipinski definition) is 0. The number of para-hydroxylation sites is 2. The van der Waals surface area contributed by atoms with Crippen LogP contribution in [0.4, 0.5) is 0 Å². The molecule has 6 heteroatoms. The second-order valence-electron chi connectivity index (χ2n) is 15.1. The van der Waals surface area contributed by atoms with Gasteiger partial charge in [0.1, 0.15) is 0 Å². The van der Waals surface area contributed by atoms with Gasteiger partial charge >= 0.3 is 0 Å². The van der Waals surface area contributed by atoms with Gasteiger partial charge in [-0.25, -0.2) is 19.9 Å². The van der Waals surface area contributed by atoms with Gasteiger partial charge in [-0.3, -0.25) is 4.40 Å². The van der Waals surface area contributed by atoms with Crippen LogP contribution in [0.15, 0.2) is 200 Å². The quantitative estimate of drug-likeness (QED) is 0.169. The van der Waals surface area contributed by atoms with Crippen LogP contribution in [0.1, 0.15) is 0 Å². The fourth-order valence-corrected chi connectivity index (χ4v) is 9.72. The molecule has 0 aliphatic heterocycles. The zero-order chi connectivity index (χ0) is 39.6. The average molecular weight is 784 g/mol. The summed E-state index contributed by atoms with van der Waals surface area (Å²) >= 11 is 1.83. The van der Waals surface area contributed by atoms with E-state index in [1.54, 1.807) is 0 Å². The zero-order valence-electron chi connectivity index (χ0n) is 32.2. The SMILES string of the molecule is c1ccc(-c2ccc(-c3nc(-c4ccc(-c5ccccc5)cc4)nc(-c4ccc(-c5cc6c7ccc8ccccc8c7sc6c6nc7ccccc7n56)cc4)n3)cc2)cc1. The van der Waals surface area contributed by atoms with Crippen molar-refractivity contribution in [1.82, 2.24) is 24.3 Å². The van der Waals surface area contributed by atoms with Crippen LogP contribution in [0.2, 0.25) is 0 Å². The van der Waals surface area contributed by atoms with Crippen LogP contribution < -0.4 is 0 Å². The maximum Gasteiger partial charge on any atom is 0.164 e. The third-order valence-corrected chi connectivity index (χ3v) is 12.7. The van der Waals surface area contributed by atoms with Crippen molar-refractivity contribution in [3.63, 3.8) is 0 Å². The Morgan fingerprint density at radius 3 is 1.42 bits per heavy atom. The van der Waals surface area contributed by atoms with E-state index in [1.807, 2.05) is 23.5 Å². The van der Waals surface area contributed by atoms with Gasteiger partial charge in [0.25, 0.3) is 0 Å². The Balaban J connectivity index is 0.992. The smallest absolute Gasteiger partial charge is 0.164 e. The van der Waals surface area contributed by atoms with Crippen molar-refractivity contribution in [1.29, 1.82) is 0 Å². The van der Waals surface area contributed by atoms with Gasteiger partial charge in [0, 0.05) is 32.2 Å². The topological polar surface area (TPSA) is 56.0 Å². The summed E-state index contributed by atoms with van der Waals surface area (Å²) in [6.45, 7) is 0. The molecule has 0 atom stereocenters. The molecule has 0 fully saturated rings. The van der Waals surface area contributed by atoms with E-state index in [1.165, 1.54) is 42.1 Å². The minimum atomic E-state index is 0.616. The number of fused-ring (bicyclic) bond motifs is 9. The fourth-order valence-electron chi connectivity index (χ4n) is 8.43. The largest absolute Gasteiger partial charge is 0.291 e. The summed E-state index contributed by atoms with van der Waals surface area (Å²) in [7, 11) is 0. The zero-order valence-corrected chi connectivity index (χ0v) is 33.0. The highest BCUT2D eigenvalue weighted by Crippen LogP contribution is 2.43. The van der Waals surface area contributed by atoms with Crippen LogP contribution in [-0.4, -0.2) is 24.3 Å². The Hall–Kier alpha value is -7.80. The van der Waals surface area contributed by atoms with Crippen LogP contribution >= 0.6 is 11.3 Å². The van der Waals surface area contributed by atoms with Crippen LogP contribution in [0.5, 0.6) is 0 Å². The van der Waals surface area contributed by atoms with Crippen molar-refractivity contribution in [3.05, 3.63) is 200 Å². The lowest BCUT2D eigenvalue weighted by atomic mass is 10.0. The Bertz CT molecular complexity index is 3460. The van der Waals surface area contributed by atoms with E-state index < -0.39 is 0 Å². The van der Waals surface area contributed by atoms with Gasteiger partial charge in [-0.15, -0.1) is 11.3 Å². The molecule has 0 spiro atoms. The normalized spacial score (nSPS) is 11.7. The first-order valence-electron chi connectivity index (χ1n) is 20.0. The Morgan fingerprint density at radius 1 is 0.333 bits per heavy atom. The Labute approximate surface area is 349 Å². The number of imidazole rings is 1.